The van der Waals surface area contributed by atoms with E-state index in [1.807, 2.05) is 6.07 Å². The minimum atomic E-state index is 0.0234. The summed E-state index contributed by atoms with van der Waals surface area (Å²) in [5.74, 6) is 0.947. The molecule has 1 saturated heterocycles. The molecule has 0 aromatic heterocycles. The highest BCUT2D eigenvalue weighted by molar-refractivity contribution is 5.43. The summed E-state index contributed by atoms with van der Waals surface area (Å²) in [6, 6.07) is 6.32. The second-order valence-corrected chi connectivity index (χ2v) is 4.80. The number of aryl methyl sites for hydroxylation is 1. The lowest BCUT2D eigenvalue weighted by Crippen LogP contribution is -2.40. The molecule has 0 amide bonds. The maximum absolute atomic E-state index is 6.03. The third-order valence-corrected chi connectivity index (χ3v) is 3.77. The van der Waals surface area contributed by atoms with Gasteiger partial charge in [0, 0.05) is 30.7 Å². The predicted octanol–water partition coefficient (Wildman–Crippen LogP) is 2.01. The third-order valence-electron chi connectivity index (χ3n) is 3.77. The number of hydrogen-bond acceptors (Lipinski definition) is 3. The van der Waals surface area contributed by atoms with Crippen molar-refractivity contribution >= 4 is 0 Å². The molecule has 0 spiro atoms. The van der Waals surface area contributed by atoms with Gasteiger partial charge in [0.1, 0.15) is 5.75 Å². The van der Waals surface area contributed by atoms with Gasteiger partial charge in [0.05, 0.1) is 7.11 Å². The molecule has 1 aromatic rings. The summed E-state index contributed by atoms with van der Waals surface area (Å²) in [6.45, 7) is 4.32. The van der Waals surface area contributed by atoms with E-state index in [9.17, 15) is 0 Å². The van der Waals surface area contributed by atoms with E-state index in [-0.39, 0.29) is 5.41 Å². The van der Waals surface area contributed by atoms with Crippen LogP contribution in [0.1, 0.15) is 24.0 Å². The standard InChI is InChI=1S/C14H21NO2/c1-11-3-4-13(16-2)12(9-11)14(10-15)5-7-17-8-6-14/h3-4,9H,5-8,10,15H2,1-2H3. The van der Waals surface area contributed by atoms with Crippen LogP contribution >= 0.6 is 0 Å². The van der Waals surface area contributed by atoms with Crippen molar-refractivity contribution in [3.8, 4) is 5.75 Å². The molecule has 1 aliphatic rings. The van der Waals surface area contributed by atoms with Crippen LogP contribution in [-0.4, -0.2) is 26.9 Å². The van der Waals surface area contributed by atoms with Crippen LogP contribution in [-0.2, 0) is 10.2 Å². The number of nitrogens with two attached hydrogens (primary N) is 1. The molecule has 1 aliphatic heterocycles. The molecule has 0 bridgehead atoms. The highest BCUT2D eigenvalue weighted by Gasteiger charge is 2.35. The number of hydrogen-bond donors (Lipinski definition) is 1. The molecule has 1 fully saturated rings. The summed E-state index contributed by atoms with van der Waals surface area (Å²) in [7, 11) is 1.72. The van der Waals surface area contributed by atoms with Crippen molar-refractivity contribution in [2.24, 2.45) is 5.73 Å². The van der Waals surface area contributed by atoms with Crippen molar-refractivity contribution in [2.75, 3.05) is 26.9 Å². The van der Waals surface area contributed by atoms with Gasteiger partial charge in [0.15, 0.2) is 0 Å². The minimum Gasteiger partial charge on any atom is -0.496 e. The first-order valence-corrected chi connectivity index (χ1v) is 6.15. The van der Waals surface area contributed by atoms with E-state index >= 15 is 0 Å². The Labute approximate surface area is 103 Å². The number of ether oxygens (including phenoxy) is 2. The van der Waals surface area contributed by atoms with Crippen molar-refractivity contribution in [3.05, 3.63) is 29.3 Å². The van der Waals surface area contributed by atoms with Gasteiger partial charge >= 0.3 is 0 Å². The molecule has 94 valence electrons. The fourth-order valence-corrected chi connectivity index (χ4v) is 2.58. The molecule has 2 N–H and O–H groups in total. The van der Waals surface area contributed by atoms with Crippen LogP contribution in [0.15, 0.2) is 18.2 Å². The maximum Gasteiger partial charge on any atom is 0.122 e. The monoisotopic (exact) mass is 235 g/mol. The number of methoxy groups -OCH3 is 1. The third kappa shape index (κ3) is 2.31. The highest BCUT2D eigenvalue weighted by atomic mass is 16.5. The predicted molar refractivity (Wildman–Crippen MR) is 68.5 cm³/mol. The van der Waals surface area contributed by atoms with E-state index in [0.29, 0.717) is 6.54 Å². The maximum atomic E-state index is 6.03. The van der Waals surface area contributed by atoms with Gasteiger partial charge in [-0.05, 0) is 25.8 Å². The van der Waals surface area contributed by atoms with E-state index in [1.54, 1.807) is 7.11 Å². The highest BCUT2D eigenvalue weighted by Crippen LogP contribution is 2.39. The second-order valence-electron chi connectivity index (χ2n) is 4.80. The average Bonchev–Trinajstić information content (AvgIpc) is 2.39. The molecular formula is C14H21NO2. The summed E-state index contributed by atoms with van der Waals surface area (Å²) >= 11 is 0. The minimum absolute atomic E-state index is 0.0234. The second kappa shape index (κ2) is 5.07. The van der Waals surface area contributed by atoms with Crippen molar-refractivity contribution < 1.29 is 9.47 Å². The Morgan fingerprint density at radius 3 is 2.65 bits per heavy atom. The van der Waals surface area contributed by atoms with Crippen molar-refractivity contribution in [3.63, 3.8) is 0 Å². The average molecular weight is 235 g/mol. The Balaban J connectivity index is 2.44. The summed E-state index contributed by atoms with van der Waals surface area (Å²) in [4.78, 5) is 0. The van der Waals surface area contributed by atoms with Crippen molar-refractivity contribution in [1.82, 2.24) is 0 Å². The molecule has 0 saturated carbocycles. The fraction of sp³-hybridized carbons (Fsp3) is 0.571. The summed E-state index contributed by atoms with van der Waals surface area (Å²) in [5, 5.41) is 0. The molecule has 3 nitrogen and oxygen atoms in total. The largest absolute Gasteiger partial charge is 0.496 e. The van der Waals surface area contributed by atoms with E-state index in [1.165, 1.54) is 11.1 Å². The molecule has 0 aliphatic carbocycles. The Kier molecular flexibility index (Phi) is 3.69. The number of benzene rings is 1. The fourth-order valence-electron chi connectivity index (χ4n) is 2.58. The van der Waals surface area contributed by atoms with Gasteiger partial charge < -0.3 is 15.2 Å². The SMILES string of the molecule is COc1ccc(C)cc1C1(CN)CCOCC1. The van der Waals surface area contributed by atoms with Gasteiger partial charge in [0.2, 0.25) is 0 Å². The zero-order valence-electron chi connectivity index (χ0n) is 10.7. The lowest BCUT2D eigenvalue weighted by molar-refractivity contribution is 0.0521. The normalized spacial score (nSPS) is 19.0. The van der Waals surface area contributed by atoms with Gasteiger partial charge in [-0.1, -0.05) is 17.7 Å². The Morgan fingerprint density at radius 1 is 1.35 bits per heavy atom. The zero-order chi connectivity index (χ0) is 12.3. The summed E-state index contributed by atoms with van der Waals surface area (Å²) in [6.07, 6.45) is 1.95. The van der Waals surface area contributed by atoms with E-state index in [4.69, 9.17) is 15.2 Å². The van der Waals surface area contributed by atoms with Crippen LogP contribution in [0.5, 0.6) is 5.75 Å². The first-order chi connectivity index (χ1) is 8.22. The quantitative estimate of drug-likeness (QED) is 0.871. The van der Waals surface area contributed by atoms with Gasteiger partial charge in [-0.15, -0.1) is 0 Å². The molecular weight excluding hydrogens is 214 g/mol. The van der Waals surface area contributed by atoms with Crippen LogP contribution in [0.4, 0.5) is 0 Å². The van der Waals surface area contributed by atoms with Crippen LogP contribution in [0, 0.1) is 6.92 Å². The van der Waals surface area contributed by atoms with Gasteiger partial charge in [-0.2, -0.15) is 0 Å². The van der Waals surface area contributed by atoms with E-state index in [2.05, 4.69) is 19.1 Å². The summed E-state index contributed by atoms with van der Waals surface area (Å²) in [5.41, 5.74) is 8.55. The summed E-state index contributed by atoms with van der Waals surface area (Å²) < 4.78 is 10.9. The van der Waals surface area contributed by atoms with Crippen molar-refractivity contribution in [1.29, 1.82) is 0 Å². The van der Waals surface area contributed by atoms with Gasteiger partial charge in [0.25, 0.3) is 0 Å². The molecule has 17 heavy (non-hydrogen) atoms. The van der Waals surface area contributed by atoms with Crippen LogP contribution in [0.25, 0.3) is 0 Å². The van der Waals surface area contributed by atoms with Gasteiger partial charge in [-0.25, -0.2) is 0 Å². The Hall–Kier alpha value is -1.06. The van der Waals surface area contributed by atoms with Gasteiger partial charge in [-0.3, -0.25) is 0 Å². The van der Waals surface area contributed by atoms with Crippen LogP contribution in [0.3, 0.4) is 0 Å². The Bertz CT molecular complexity index is 384. The molecule has 2 rings (SSSR count). The van der Waals surface area contributed by atoms with E-state index < -0.39 is 0 Å². The molecule has 1 heterocycles. The molecule has 0 radical (unpaired) electrons. The lowest BCUT2D eigenvalue weighted by Gasteiger charge is -2.37. The lowest BCUT2D eigenvalue weighted by atomic mass is 9.73. The molecule has 0 atom stereocenters. The first-order valence-electron chi connectivity index (χ1n) is 6.15. The Morgan fingerprint density at radius 2 is 2.06 bits per heavy atom. The van der Waals surface area contributed by atoms with Crippen LogP contribution in [0.2, 0.25) is 0 Å². The number of rotatable bonds is 3. The topological polar surface area (TPSA) is 44.5 Å². The molecule has 0 unspecified atom stereocenters. The molecule has 1 aromatic carbocycles. The van der Waals surface area contributed by atoms with Crippen LogP contribution < -0.4 is 10.5 Å². The molecule has 3 heteroatoms. The first kappa shape index (κ1) is 12.4. The smallest absolute Gasteiger partial charge is 0.122 e. The zero-order valence-corrected chi connectivity index (χ0v) is 10.7. The van der Waals surface area contributed by atoms with E-state index in [0.717, 1.165) is 31.8 Å². The van der Waals surface area contributed by atoms with Crippen molar-refractivity contribution in [2.45, 2.75) is 25.2 Å².